The number of imide groups is 1. The lowest BCUT2D eigenvalue weighted by atomic mass is 9.68. The number of carbonyl (C=O) groups excluding carboxylic acids is 2. The van der Waals surface area contributed by atoms with E-state index in [1.54, 1.807) is 12.1 Å². The summed E-state index contributed by atoms with van der Waals surface area (Å²) in [6.45, 7) is -0.631. The van der Waals surface area contributed by atoms with Gasteiger partial charge in [-0.15, -0.1) is 11.8 Å². The Morgan fingerprint density at radius 2 is 1.83 bits per heavy atom. The summed E-state index contributed by atoms with van der Waals surface area (Å²) in [6, 6.07) is 10.0. The molecule has 2 aliphatic heterocycles. The van der Waals surface area contributed by atoms with E-state index in [0.717, 1.165) is 16.2 Å². The van der Waals surface area contributed by atoms with Gasteiger partial charge in [0.15, 0.2) is 0 Å². The molecule has 11 nitrogen and oxygen atoms in total. The molecule has 0 spiro atoms. The summed E-state index contributed by atoms with van der Waals surface area (Å²) in [7, 11) is 0. The average molecular weight is 612 g/mol. The number of hydrogen-bond acceptors (Lipinski definition) is 9. The molecule has 2 amide bonds. The molecular formula is C28H22FN3O8S2. The number of benzene rings is 2. The summed E-state index contributed by atoms with van der Waals surface area (Å²) in [5, 5.41) is 21.6. The molecule has 2 saturated carbocycles. The SMILES string of the molecule is O=C(O)CN1C(=O)[C@@H]2[C@H]3C[C@@H]([C@@H]2C1=O)[C@@H]1[C@H](c2cc([N+](=O)[O-])ccc2OCc2ccc(F)cc2)c2sc(=O)[nH]c2S[C@@H]31. The van der Waals surface area contributed by atoms with E-state index in [1.807, 2.05) is 0 Å². The Labute approximate surface area is 244 Å². The largest absolute Gasteiger partial charge is 0.489 e. The molecule has 2 bridgehead atoms. The van der Waals surface area contributed by atoms with Crippen LogP contribution in [0.5, 0.6) is 5.75 Å². The van der Waals surface area contributed by atoms with Gasteiger partial charge in [-0.2, -0.15) is 0 Å². The first-order valence-corrected chi connectivity index (χ1v) is 14.9. The van der Waals surface area contributed by atoms with Gasteiger partial charge in [0.25, 0.3) is 5.69 Å². The number of nitro benzene ring substituents is 1. The lowest BCUT2D eigenvalue weighted by molar-refractivity contribution is -0.385. The number of rotatable bonds is 7. The number of hydrogen-bond donors (Lipinski definition) is 2. The number of amides is 2. The van der Waals surface area contributed by atoms with E-state index in [4.69, 9.17) is 4.74 Å². The molecule has 0 radical (unpaired) electrons. The zero-order valence-electron chi connectivity index (χ0n) is 21.6. The van der Waals surface area contributed by atoms with Crippen molar-refractivity contribution in [1.82, 2.24) is 9.88 Å². The number of aromatic amines is 1. The first kappa shape index (κ1) is 26.8. The minimum atomic E-state index is -1.27. The van der Waals surface area contributed by atoms with E-state index >= 15 is 0 Å². The molecule has 3 heterocycles. The van der Waals surface area contributed by atoms with Crippen LogP contribution in [0.2, 0.25) is 0 Å². The molecule has 216 valence electrons. The van der Waals surface area contributed by atoms with Crippen molar-refractivity contribution in [2.75, 3.05) is 6.54 Å². The number of nitrogens with zero attached hydrogens (tertiary/aromatic N) is 2. The van der Waals surface area contributed by atoms with Crippen molar-refractivity contribution in [3.05, 3.63) is 84.1 Å². The lowest BCUT2D eigenvalue weighted by Crippen LogP contribution is -2.42. The highest BCUT2D eigenvalue weighted by atomic mass is 32.2. The van der Waals surface area contributed by atoms with Gasteiger partial charge >= 0.3 is 10.8 Å². The zero-order valence-corrected chi connectivity index (χ0v) is 23.2. The lowest BCUT2D eigenvalue weighted by Gasteiger charge is -2.43. The Morgan fingerprint density at radius 1 is 1.12 bits per heavy atom. The van der Waals surface area contributed by atoms with Gasteiger partial charge < -0.3 is 14.8 Å². The maximum atomic E-state index is 13.4. The number of fused-ring (bicyclic) bond motifs is 9. The number of likely N-dealkylation sites (tertiary alicyclic amines) is 1. The maximum absolute atomic E-state index is 13.4. The highest BCUT2D eigenvalue weighted by Crippen LogP contribution is 2.69. The quantitative estimate of drug-likeness (QED) is 0.231. The summed E-state index contributed by atoms with van der Waals surface area (Å²) < 4.78 is 19.6. The van der Waals surface area contributed by atoms with Crippen LogP contribution in [0.4, 0.5) is 10.1 Å². The van der Waals surface area contributed by atoms with Gasteiger partial charge in [0.2, 0.25) is 11.8 Å². The number of aromatic nitrogens is 1. The molecule has 14 heteroatoms. The summed E-state index contributed by atoms with van der Waals surface area (Å²) in [4.78, 5) is 66.2. The van der Waals surface area contributed by atoms with Crippen LogP contribution in [0.15, 0.2) is 52.3 Å². The third-order valence-corrected chi connectivity index (χ3v) is 11.5. The number of thiazole rings is 1. The molecule has 0 unspecified atom stereocenters. The standard InChI is InChI=1S/C28H22FN3O8S2/c29-12-3-1-11(2-4-12)10-40-17-6-5-13(32(38)39)7-14(17)19-20-15-8-16(23(20)41-25-24(19)42-28(37)30-25)22-21(15)26(35)31(27(22)36)9-18(33)34/h1-7,15-16,19-23H,8-10H2,(H,30,37)(H,33,34)/t15-,16-,19+,20-,21+,22-,23+/m1/s1. The van der Waals surface area contributed by atoms with E-state index in [1.165, 1.54) is 42.1 Å². The van der Waals surface area contributed by atoms with Crippen molar-refractivity contribution in [3.8, 4) is 5.75 Å². The van der Waals surface area contributed by atoms with Crippen molar-refractivity contribution in [3.63, 3.8) is 0 Å². The van der Waals surface area contributed by atoms with Gasteiger partial charge in [-0.25, -0.2) is 4.39 Å². The average Bonchev–Trinajstić information content (AvgIpc) is 3.68. The van der Waals surface area contributed by atoms with Crippen molar-refractivity contribution in [2.24, 2.45) is 29.6 Å². The number of carbonyl (C=O) groups is 3. The second-order valence-electron chi connectivity index (χ2n) is 11.0. The molecule has 2 N–H and O–H groups in total. The normalized spacial score (nSPS) is 28.9. The molecule has 3 fully saturated rings. The van der Waals surface area contributed by atoms with Crippen LogP contribution in [0.1, 0.15) is 28.3 Å². The highest BCUT2D eigenvalue weighted by molar-refractivity contribution is 8.00. The van der Waals surface area contributed by atoms with Gasteiger partial charge in [0.05, 0.1) is 21.8 Å². The summed E-state index contributed by atoms with van der Waals surface area (Å²) in [5.41, 5.74) is 1.00. The third kappa shape index (κ3) is 4.07. The number of non-ortho nitro benzene ring substituents is 1. The molecule has 1 saturated heterocycles. The Balaban J connectivity index is 1.32. The first-order valence-electron chi connectivity index (χ1n) is 13.2. The molecule has 42 heavy (non-hydrogen) atoms. The second kappa shape index (κ2) is 9.76. The number of nitrogens with one attached hydrogen (secondary N) is 1. The molecule has 4 aliphatic rings. The smallest absolute Gasteiger partial charge is 0.323 e. The van der Waals surface area contributed by atoms with Crippen molar-refractivity contribution in [2.45, 2.75) is 29.2 Å². The molecule has 3 aromatic rings. The maximum Gasteiger partial charge on any atom is 0.323 e. The predicted molar refractivity (Wildman–Crippen MR) is 147 cm³/mol. The second-order valence-corrected chi connectivity index (χ2v) is 13.2. The minimum absolute atomic E-state index is 0.0603. The van der Waals surface area contributed by atoms with Crippen LogP contribution < -0.4 is 9.61 Å². The van der Waals surface area contributed by atoms with E-state index < -0.39 is 52.8 Å². The monoisotopic (exact) mass is 611 g/mol. The number of aliphatic carboxylic acids is 1. The summed E-state index contributed by atoms with van der Waals surface area (Å²) in [5.74, 6) is -4.96. The Kier molecular flexibility index (Phi) is 6.24. The Bertz CT molecular complexity index is 1720. The van der Waals surface area contributed by atoms with Crippen LogP contribution in [0.3, 0.4) is 0 Å². The number of halogens is 1. The highest BCUT2D eigenvalue weighted by Gasteiger charge is 2.69. The molecule has 2 aromatic carbocycles. The van der Waals surface area contributed by atoms with Crippen LogP contribution in [0, 0.1) is 45.5 Å². The third-order valence-electron chi connectivity index (χ3n) is 8.96. The molecule has 1 aromatic heterocycles. The van der Waals surface area contributed by atoms with Crippen molar-refractivity contribution >= 4 is 46.6 Å². The Morgan fingerprint density at radius 3 is 2.52 bits per heavy atom. The van der Waals surface area contributed by atoms with Crippen molar-refractivity contribution < 1.29 is 33.5 Å². The predicted octanol–water partition coefficient (Wildman–Crippen LogP) is 3.62. The van der Waals surface area contributed by atoms with Gasteiger partial charge in [-0.05, 0) is 47.9 Å². The summed E-state index contributed by atoms with van der Waals surface area (Å²) in [6.07, 6.45) is 0.576. The van der Waals surface area contributed by atoms with Gasteiger partial charge in [-0.3, -0.25) is 34.2 Å². The van der Waals surface area contributed by atoms with Crippen LogP contribution >= 0.6 is 23.1 Å². The zero-order chi connectivity index (χ0) is 29.4. The number of carboxylic acid groups (broad SMARTS) is 1. The summed E-state index contributed by atoms with van der Waals surface area (Å²) >= 11 is 2.46. The van der Waals surface area contributed by atoms with Gasteiger partial charge in [0.1, 0.15) is 24.7 Å². The van der Waals surface area contributed by atoms with E-state index in [9.17, 15) is 38.8 Å². The molecule has 7 atom stereocenters. The molecule has 2 aliphatic carbocycles. The number of thioether (sulfide) groups is 1. The first-order chi connectivity index (χ1) is 20.1. The van der Waals surface area contributed by atoms with Gasteiger partial charge in [-0.1, -0.05) is 23.5 Å². The van der Waals surface area contributed by atoms with Crippen LogP contribution in [-0.2, 0) is 21.0 Å². The number of ether oxygens (including phenoxy) is 1. The van der Waals surface area contributed by atoms with E-state index in [-0.39, 0.29) is 40.2 Å². The number of carboxylic acids is 1. The van der Waals surface area contributed by atoms with Gasteiger partial charge in [0, 0.05) is 33.7 Å². The van der Waals surface area contributed by atoms with Crippen molar-refractivity contribution in [1.29, 1.82) is 0 Å². The fourth-order valence-corrected chi connectivity index (χ4v) is 10.4. The minimum Gasteiger partial charge on any atom is -0.489 e. The fraction of sp³-hybridized carbons (Fsp3) is 0.357. The molecule has 7 rings (SSSR count). The molecular weight excluding hydrogens is 589 g/mol. The van der Waals surface area contributed by atoms with E-state index in [0.29, 0.717) is 33.2 Å². The number of H-pyrrole nitrogens is 1. The van der Waals surface area contributed by atoms with Crippen LogP contribution in [0.25, 0.3) is 0 Å². The van der Waals surface area contributed by atoms with E-state index in [2.05, 4.69) is 4.98 Å². The number of nitro groups is 1. The fourth-order valence-electron chi connectivity index (χ4n) is 7.48. The Hall–Kier alpha value is -4.04. The van der Waals surface area contributed by atoms with Crippen LogP contribution in [-0.4, -0.2) is 49.5 Å². The topological polar surface area (TPSA) is 160 Å².